The molecule has 0 rings (SSSR count). The minimum atomic E-state index is -3.86. The van der Waals surface area contributed by atoms with Crippen LogP contribution in [0, 0.1) is 0 Å². The Morgan fingerprint density at radius 3 is 1.38 bits per heavy atom. The maximum absolute atomic E-state index is 12.5. The molecule has 0 aromatic heterocycles. The summed E-state index contributed by atoms with van der Waals surface area (Å²) in [5.41, 5.74) is 0. The molecule has 0 amide bonds. The van der Waals surface area contributed by atoms with Crippen molar-refractivity contribution in [2.45, 2.75) is 58.9 Å². The van der Waals surface area contributed by atoms with Gasteiger partial charge in [0.25, 0.3) is 18.6 Å². The Labute approximate surface area is 266 Å². The van der Waals surface area contributed by atoms with Crippen molar-refractivity contribution in [1.29, 1.82) is 0 Å². The van der Waals surface area contributed by atoms with Crippen molar-refractivity contribution in [2.75, 3.05) is 0 Å². The molecular formula is C9H27O16Si17. The van der Waals surface area contributed by atoms with Crippen LogP contribution in [-0.4, -0.2) is 139 Å². The largest absolute Gasteiger partial charge is 0.558 e. The molecule has 0 aliphatic rings. The van der Waals surface area contributed by atoms with E-state index in [1.54, 1.807) is 0 Å². The molecule has 16 nitrogen and oxygen atoms in total. The first-order valence-corrected chi connectivity index (χ1v) is 51.1. The van der Waals surface area contributed by atoms with E-state index in [1.807, 2.05) is 39.3 Å². The Hall–Kier alpha value is 0.967. The summed E-state index contributed by atoms with van der Waals surface area (Å²) in [6.07, 6.45) is 0. The van der Waals surface area contributed by atoms with Crippen molar-refractivity contribution in [3.63, 3.8) is 0 Å². The highest BCUT2D eigenvalue weighted by Gasteiger charge is 2.51. The number of rotatable bonds is 21. The molecule has 0 aromatic carbocycles. The second-order valence-corrected chi connectivity index (χ2v) is 75.9. The molecule has 0 heterocycles. The Morgan fingerprint density at radius 2 is 0.929 bits per heavy atom. The molecule has 0 aliphatic carbocycles. The predicted octanol–water partition coefficient (Wildman–Crippen LogP) is -2.87. The van der Waals surface area contributed by atoms with E-state index in [1.165, 1.54) is 19.6 Å². The van der Waals surface area contributed by atoms with Crippen LogP contribution in [0.1, 0.15) is 0 Å². The van der Waals surface area contributed by atoms with Crippen LogP contribution in [0.2, 0.25) is 58.9 Å². The van der Waals surface area contributed by atoms with Gasteiger partial charge in [-0.1, -0.05) is 0 Å². The van der Waals surface area contributed by atoms with Crippen LogP contribution in [0.25, 0.3) is 0 Å². The summed E-state index contributed by atoms with van der Waals surface area (Å²) in [6.45, 7) is 15.4. The zero-order chi connectivity index (χ0) is 33.4. The predicted molar refractivity (Wildman–Crippen MR) is 164 cm³/mol. The van der Waals surface area contributed by atoms with Crippen molar-refractivity contribution in [3.8, 4) is 0 Å². The molecule has 0 aliphatic heterocycles. The van der Waals surface area contributed by atoms with Gasteiger partial charge < -0.3 is 69.7 Å². The first kappa shape index (κ1) is 43.0. The Balaban J connectivity index is 5.05. The summed E-state index contributed by atoms with van der Waals surface area (Å²) >= 11 is 0. The van der Waals surface area contributed by atoms with Crippen LogP contribution in [0.3, 0.4) is 0 Å². The first-order chi connectivity index (χ1) is 18.8. The maximum Gasteiger partial charge on any atom is 0.533 e. The third-order valence-corrected chi connectivity index (χ3v) is 86.7. The van der Waals surface area contributed by atoms with Gasteiger partial charge in [0.2, 0.25) is 0 Å². The topological polar surface area (TPSA) is 234 Å². The van der Waals surface area contributed by atoms with E-state index < -0.39 is 139 Å². The van der Waals surface area contributed by atoms with Gasteiger partial charge in [-0.2, -0.15) is 0 Å². The van der Waals surface area contributed by atoms with E-state index >= 15 is 0 Å². The quantitative estimate of drug-likeness (QED) is 0.106. The van der Waals surface area contributed by atoms with Gasteiger partial charge in [0.1, 0.15) is 0 Å². The summed E-state index contributed by atoms with van der Waals surface area (Å²) < 4.78 is 163. The summed E-state index contributed by atoms with van der Waals surface area (Å²) in [5.74, 6) is 0. The molecule has 0 saturated carbocycles. The third-order valence-electron chi connectivity index (χ3n) is 3.68. The molecule has 0 bridgehead atoms. The second kappa shape index (κ2) is 18.3. The van der Waals surface area contributed by atoms with Gasteiger partial charge >= 0.3 is 104 Å². The van der Waals surface area contributed by atoms with E-state index in [9.17, 15) is 49.1 Å². The van der Waals surface area contributed by atoms with Gasteiger partial charge in [-0.25, -0.2) is 0 Å². The molecular weight excluding hydrogens is 842 g/mol. The Kier molecular flexibility index (Phi) is 18.8. The molecule has 0 aromatic rings. The van der Waals surface area contributed by atoms with Gasteiger partial charge in [-0.15, -0.1) is 0 Å². The molecule has 33 heteroatoms. The molecule has 0 N–H and O–H groups in total. The summed E-state index contributed by atoms with van der Waals surface area (Å²) in [7, 11) is -50.0. The Bertz CT molecular complexity index is 1230. The lowest BCUT2D eigenvalue weighted by Crippen LogP contribution is -2.54. The molecule has 0 atom stereocenters. The zero-order valence-electron chi connectivity index (χ0n) is 24.0. The molecule has 227 valence electrons. The van der Waals surface area contributed by atoms with Gasteiger partial charge in [0.15, 0.2) is 16.6 Å². The maximum atomic E-state index is 12.5. The molecule has 0 fully saturated rings. The van der Waals surface area contributed by atoms with E-state index in [0.717, 1.165) is 0 Å². The summed E-state index contributed by atoms with van der Waals surface area (Å²) in [4.78, 5) is 0. The van der Waals surface area contributed by atoms with Gasteiger partial charge in [0.05, 0.1) is 0 Å². The Morgan fingerprint density at radius 1 is 0.500 bits per heavy atom. The van der Waals surface area contributed by atoms with E-state index in [2.05, 4.69) is 0 Å². The number of hydrogen-bond acceptors (Lipinski definition) is 16. The monoisotopic (exact) mass is 867 g/mol. The van der Waals surface area contributed by atoms with E-state index in [4.69, 9.17) is 20.6 Å². The fraction of sp³-hybridized carbons (Fsp3) is 1.00. The van der Waals surface area contributed by atoms with Crippen LogP contribution >= 0.6 is 0 Å². The standard InChI is InChI=1S/C9H27O16Si17/c1-28(23-29(10)33(14)32(13)27-22-40(2,3)4)21-26-31(12)35(16)37(18)39(20)38(19)36(17)34(15)30(11)24-42(8,9)25-41(5,6)7/h1-9H3. The lowest BCUT2D eigenvalue weighted by molar-refractivity contribution is 0.377. The van der Waals surface area contributed by atoms with Crippen molar-refractivity contribution < 1.29 is 69.7 Å². The van der Waals surface area contributed by atoms with Crippen molar-refractivity contribution in [1.82, 2.24) is 0 Å². The SMILES string of the molecule is C[Si](O[Si][Si](=O)[Si](=O)[Si](=O)[Si](=O)[Si](=O)[Si](=O)[Si](=O)[Si](=O)O[Si](C)(C)O[Si](C)(C)C)O[Si](=O)[Si](=O)[Si](=O)[Si]O[Si](C)(C)C. The van der Waals surface area contributed by atoms with Gasteiger partial charge in [-0.3, -0.25) is 0 Å². The van der Waals surface area contributed by atoms with Crippen molar-refractivity contribution in [3.05, 3.63) is 0 Å². The average molecular weight is 869 g/mol. The number of hydrogen-bond donors (Lipinski definition) is 0. The minimum absolute atomic E-state index is 0.566. The highest BCUT2D eigenvalue weighted by Crippen LogP contribution is 2.15. The van der Waals surface area contributed by atoms with E-state index in [-0.39, 0.29) is 0 Å². The second-order valence-electron chi connectivity index (χ2n) is 10.4. The summed E-state index contributed by atoms with van der Waals surface area (Å²) in [6, 6.07) is 0. The molecule has 0 saturated heterocycles. The highest BCUT2D eigenvalue weighted by atomic mass is 30.0. The molecule has 5 radical (unpaired) electrons. The van der Waals surface area contributed by atoms with Gasteiger partial charge in [-0.05, 0) is 58.9 Å². The van der Waals surface area contributed by atoms with Crippen molar-refractivity contribution >= 4 is 139 Å². The lowest BCUT2D eigenvalue weighted by atomic mass is 11.8. The van der Waals surface area contributed by atoms with Crippen LogP contribution in [0.5, 0.6) is 0 Å². The zero-order valence-corrected chi connectivity index (χ0v) is 41.0. The minimum Gasteiger partial charge on any atom is -0.558 e. The van der Waals surface area contributed by atoms with Crippen LogP contribution in [0.4, 0.5) is 0 Å². The van der Waals surface area contributed by atoms with E-state index in [0.29, 0.717) is 0 Å². The van der Waals surface area contributed by atoms with Crippen LogP contribution in [-0.2, 0) is 69.7 Å². The van der Waals surface area contributed by atoms with Crippen LogP contribution < -0.4 is 0 Å². The fourth-order valence-corrected chi connectivity index (χ4v) is 108. The molecule has 0 unspecified atom stereocenters. The van der Waals surface area contributed by atoms with Crippen molar-refractivity contribution in [2.24, 2.45) is 0 Å². The average Bonchev–Trinajstić information content (AvgIpc) is 2.84. The lowest BCUT2D eigenvalue weighted by Gasteiger charge is -2.30. The summed E-state index contributed by atoms with van der Waals surface area (Å²) in [5, 5.41) is 0. The first-order valence-electron chi connectivity index (χ1n) is 11.5. The smallest absolute Gasteiger partial charge is 0.533 e. The highest BCUT2D eigenvalue weighted by molar-refractivity contribution is 7.74. The molecule has 42 heavy (non-hydrogen) atoms. The molecule has 0 spiro atoms. The fourth-order valence-electron chi connectivity index (χ4n) is 2.34. The van der Waals surface area contributed by atoms with Gasteiger partial charge in [0, 0.05) is 0 Å². The normalized spacial score (nSPS) is 11.8. The van der Waals surface area contributed by atoms with Crippen LogP contribution in [0.15, 0.2) is 0 Å². The third kappa shape index (κ3) is 16.5.